The van der Waals surface area contributed by atoms with Gasteiger partial charge in [-0.3, -0.25) is 9.69 Å². The molecule has 1 fully saturated rings. The SMILES string of the molecule is Cl.NCCC1CCCN(CC(=O)Nc2ccc3c(c2)OCO3)C1. The van der Waals surface area contributed by atoms with Crippen molar-refractivity contribution in [3.63, 3.8) is 0 Å². The molecule has 1 aromatic rings. The summed E-state index contributed by atoms with van der Waals surface area (Å²) in [4.78, 5) is 14.4. The highest BCUT2D eigenvalue weighted by Gasteiger charge is 2.21. The predicted molar refractivity (Wildman–Crippen MR) is 91.3 cm³/mol. The van der Waals surface area contributed by atoms with Gasteiger partial charge in [0, 0.05) is 18.3 Å². The van der Waals surface area contributed by atoms with E-state index in [9.17, 15) is 4.79 Å². The van der Waals surface area contributed by atoms with Crippen LogP contribution < -0.4 is 20.5 Å². The molecule has 3 rings (SSSR count). The lowest BCUT2D eigenvalue weighted by molar-refractivity contribution is -0.117. The number of rotatable bonds is 5. The number of hydrogen-bond donors (Lipinski definition) is 2. The van der Waals surface area contributed by atoms with E-state index in [0.717, 1.165) is 43.9 Å². The van der Waals surface area contributed by atoms with E-state index in [1.54, 1.807) is 6.07 Å². The van der Waals surface area contributed by atoms with Crippen LogP contribution in [0, 0.1) is 5.92 Å². The van der Waals surface area contributed by atoms with Crippen molar-refractivity contribution in [2.45, 2.75) is 19.3 Å². The van der Waals surface area contributed by atoms with Crippen LogP contribution in [-0.2, 0) is 4.79 Å². The monoisotopic (exact) mass is 341 g/mol. The summed E-state index contributed by atoms with van der Waals surface area (Å²) in [6, 6.07) is 5.45. The quantitative estimate of drug-likeness (QED) is 0.854. The highest BCUT2D eigenvalue weighted by Crippen LogP contribution is 2.34. The number of piperidine rings is 1. The molecule has 0 bridgehead atoms. The summed E-state index contributed by atoms with van der Waals surface area (Å²) in [5.74, 6) is 2.03. The van der Waals surface area contributed by atoms with Crippen LogP contribution in [0.4, 0.5) is 5.69 Å². The maximum absolute atomic E-state index is 12.2. The zero-order valence-corrected chi connectivity index (χ0v) is 13.9. The van der Waals surface area contributed by atoms with Gasteiger partial charge in [-0.05, 0) is 50.4 Å². The molecule has 1 saturated heterocycles. The molecular weight excluding hydrogens is 318 g/mol. The van der Waals surface area contributed by atoms with Gasteiger partial charge in [-0.1, -0.05) is 0 Å². The molecule has 0 spiro atoms. The average molecular weight is 342 g/mol. The number of amides is 1. The van der Waals surface area contributed by atoms with E-state index in [4.69, 9.17) is 15.2 Å². The lowest BCUT2D eigenvalue weighted by Gasteiger charge is -2.32. The molecule has 7 heteroatoms. The Morgan fingerprint density at radius 2 is 2.17 bits per heavy atom. The summed E-state index contributed by atoms with van der Waals surface area (Å²) in [6.45, 7) is 3.34. The zero-order valence-electron chi connectivity index (χ0n) is 13.1. The van der Waals surface area contributed by atoms with Crippen molar-refractivity contribution in [3.8, 4) is 11.5 Å². The van der Waals surface area contributed by atoms with E-state index in [2.05, 4.69) is 10.2 Å². The number of carbonyl (C=O) groups is 1. The van der Waals surface area contributed by atoms with Gasteiger partial charge in [0.05, 0.1) is 6.54 Å². The molecule has 128 valence electrons. The van der Waals surface area contributed by atoms with Gasteiger partial charge in [-0.15, -0.1) is 12.4 Å². The minimum absolute atomic E-state index is 0. The first kappa shape index (κ1) is 17.8. The normalized spacial score (nSPS) is 20.0. The summed E-state index contributed by atoms with van der Waals surface area (Å²) >= 11 is 0. The number of benzene rings is 1. The van der Waals surface area contributed by atoms with Gasteiger partial charge in [-0.2, -0.15) is 0 Å². The molecule has 2 aliphatic rings. The van der Waals surface area contributed by atoms with Crippen LogP contribution in [0.15, 0.2) is 18.2 Å². The third-order valence-corrected chi connectivity index (χ3v) is 4.20. The molecular formula is C16H24ClN3O3. The van der Waals surface area contributed by atoms with Crippen LogP contribution in [0.25, 0.3) is 0 Å². The molecule has 6 nitrogen and oxygen atoms in total. The fourth-order valence-corrected chi connectivity index (χ4v) is 3.14. The smallest absolute Gasteiger partial charge is 0.238 e. The van der Waals surface area contributed by atoms with Gasteiger partial charge in [0.15, 0.2) is 11.5 Å². The number of carbonyl (C=O) groups excluding carboxylic acids is 1. The number of ether oxygens (including phenoxy) is 2. The Bertz CT molecular complexity index is 539. The van der Waals surface area contributed by atoms with Crippen LogP contribution in [-0.4, -0.2) is 43.8 Å². The minimum Gasteiger partial charge on any atom is -0.454 e. The number of fused-ring (bicyclic) bond motifs is 1. The Labute approximate surface area is 142 Å². The van der Waals surface area contributed by atoms with E-state index >= 15 is 0 Å². The van der Waals surface area contributed by atoms with E-state index < -0.39 is 0 Å². The Morgan fingerprint density at radius 3 is 3.00 bits per heavy atom. The topological polar surface area (TPSA) is 76.8 Å². The van der Waals surface area contributed by atoms with Crippen molar-refractivity contribution in [1.29, 1.82) is 0 Å². The van der Waals surface area contributed by atoms with Gasteiger partial charge >= 0.3 is 0 Å². The van der Waals surface area contributed by atoms with Crippen molar-refractivity contribution in [2.75, 3.05) is 38.3 Å². The van der Waals surface area contributed by atoms with Gasteiger partial charge in [-0.25, -0.2) is 0 Å². The summed E-state index contributed by atoms with van der Waals surface area (Å²) < 4.78 is 10.6. The van der Waals surface area contributed by atoms with Crippen molar-refractivity contribution in [1.82, 2.24) is 4.90 Å². The third-order valence-electron chi connectivity index (χ3n) is 4.20. The second-order valence-electron chi connectivity index (χ2n) is 5.94. The van der Waals surface area contributed by atoms with E-state index in [-0.39, 0.29) is 25.1 Å². The number of hydrogen-bond acceptors (Lipinski definition) is 5. The van der Waals surface area contributed by atoms with Crippen molar-refractivity contribution in [2.24, 2.45) is 11.7 Å². The van der Waals surface area contributed by atoms with E-state index in [1.807, 2.05) is 12.1 Å². The second-order valence-corrected chi connectivity index (χ2v) is 5.94. The number of nitrogens with zero attached hydrogens (tertiary/aromatic N) is 1. The molecule has 0 saturated carbocycles. The fraction of sp³-hybridized carbons (Fsp3) is 0.562. The summed E-state index contributed by atoms with van der Waals surface area (Å²) in [7, 11) is 0. The molecule has 1 aromatic carbocycles. The average Bonchev–Trinajstić information content (AvgIpc) is 2.95. The maximum atomic E-state index is 12.2. The van der Waals surface area contributed by atoms with Crippen LogP contribution in [0.5, 0.6) is 11.5 Å². The molecule has 0 radical (unpaired) electrons. The Kier molecular flexibility index (Phi) is 6.50. The first-order valence-electron chi connectivity index (χ1n) is 7.86. The summed E-state index contributed by atoms with van der Waals surface area (Å²) in [6.07, 6.45) is 3.40. The Morgan fingerprint density at radius 1 is 1.35 bits per heavy atom. The van der Waals surface area contributed by atoms with Gasteiger partial charge in [0.25, 0.3) is 0 Å². The maximum Gasteiger partial charge on any atom is 0.238 e. The van der Waals surface area contributed by atoms with Crippen LogP contribution in [0.3, 0.4) is 0 Å². The summed E-state index contributed by atoms with van der Waals surface area (Å²) in [5, 5.41) is 2.92. The van der Waals surface area contributed by atoms with Gasteiger partial charge in [0.2, 0.25) is 12.7 Å². The molecule has 1 atom stereocenters. The zero-order chi connectivity index (χ0) is 15.4. The standard InChI is InChI=1S/C16H23N3O3.ClH/c17-6-5-12-2-1-7-19(9-12)10-16(20)18-13-3-4-14-15(8-13)22-11-21-14;/h3-4,8,12H,1-2,5-7,9-11,17H2,(H,18,20);1H. The van der Waals surface area contributed by atoms with E-state index in [1.165, 1.54) is 6.42 Å². The van der Waals surface area contributed by atoms with Crippen molar-refractivity contribution < 1.29 is 14.3 Å². The number of anilines is 1. The highest BCUT2D eigenvalue weighted by molar-refractivity contribution is 5.92. The Hall–Kier alpha value is -1.50. The lowest BCUT2D eigenvalue weighted by Crippen LogP contribution is -2.40. The molecule has 0 aromatic heterocycles. The number of likely N-dealkylation sites (tertiary alicyclic amines) is 1. The molecule has 2 heterocycles. The van der Waals surface area contributed by atoms with Crippen LogP contribution >= 0.6 is 12.4 Å². The first-order chi connectivity index (χ1) is 10.7. The molecule has 1 unspecified atom stereocenters. The van der Waals surface area contributed by atoms with Crippen molar-refractivity contribution in [3.05, 3.63) is 18.2 Å². The van der Waals surface area contributed by atoms with Crippen molar-refractivity contribution >= 4 is 24.0 Å². The van der Waals surface area contributed by atoms with Crippen LogP contribution in [0.2, 0.25) is 0 Å². The second kappa shape index (κ2) is 8.38. The molecule has 23 heavy (non-hydrogen) atoms. The summed E-state index contributed by atoms with van der Waals surface area (Å²) in [5.41, 5.74) is 6.37. The third kappa shape index (κ3) is 4.73. The molecule has 2 aliphatic heterocycles. The highest BCUT2D eigenvalue weighted by atomic mass is 35.5. The molecule has 0 aliphatic carbocycles. The van der Waals surface area contributed by atoms with Gasteiger partial charge in [0.1, 0.15) is 0 Å². The lowest BCUT2D eigenvalue weighted by atomic mass is 9.95. The van der Waals surface area contributed by atoms with Gasteiger partial charge < -0.3 is 20.5 Å². The molecule has 3 N–H and O–H groups in total. The predicted octanol–water partition coefficient (Wildman–Crippen LogP) is 1.84. The van der Waals surface area contributed by atoms with E-state index in [0.29, 0.717) is 18.2 Å². The number of nitrogens with one attached hydrogen (secondary N) is 1. The Balaban J connectivity index is 0.00000192. The number of nitrogens with two attached hydrogens (primary N) is 1. The van der Waals surface area contributed by atoms with Crippen LogP contribution in [0.1, 0.15) is 19.3 Å². The minimum atomic E-state index is 0. The largest absolute Gasteiger partial charge is 0.454 e. The molecule has 1 amide bonds. The first-order valence-corrected chi connectivity index (χ1v) is 7.86. The fourth-order valence-electron chi connectivity index (χ4n) is 3.14. The number of halogens is 1.